The lowest BCUT2D eigenvalue weighted by Crippen LogP contribution is -2.35. The second-order valence-corrected chi connectivity index (χ2v) is 9.21. The topological polar surface area (TPSA) is 63.0 Å². The summed E-state index contributed by atoms with van der Waals surface area (Å²) in [5.74, 6) is 0.606. The van der Waals surface area contributed by atoms with Crippen LogP contribution < -0.4 is 10.2 Å². The molecular formula is C25H27BrN2O4. The van der Waals surface area contributed by atoms with Gasteiger partial charge < -0.3 is 19.0 Å². The molecule has 0 spiro atoms. The molecule has 7 heteroatoms. The zero-order valence-electron chi connectivity index (χ0n) is 18.6. The first-order valence-corrected chi connectivity index (χ1v) is 11.6. The van der Waals surface area contributed by atoms with E-state index in [0.717, 1.165) is 28.6 Å². The number of hydrogen-bond donors (Lipinski definition) is 0. The number of likely N-dealkylation sites (N-methyl/N-ethyl adjacent to an activating group) is 1. The van der Waals surface area contributed by atoms with Crippen LogP contribution in [0.5, 0.6) is 5.75 Å². The van der Waals surface area contributed by atoms with Crippen LogP contribution in [0.4, 0.5) is 0 Å². The van der Waals surface area contributed by atoms with Crippen molar-refractivity contribution in [3.63, 3.8) is 0 Å². The van der Waals surface area contributed by atoms with E-state index in [9.17, 15) is 9.59 Å². The van der Waals surface area contributed by atoms with E-state index in [1.807, 2.05) is 43.3 Å². The molecule has 1 atom stereocenters. The molecule has 0 bridgehead atoms. The van der Waals surface area contributed by atoms with Crippen molar-refractivity contribution in [1.82, 2.24) is 9.80 Å². The zero-order chi connectivity index (χ0) is 22.8. The molecule has 1 unspecified atom stereocenters. The Labute approximate surface area is 195 Å². The maximum absolute atomic E-state index is 13.6. The highest BCUT2D eigenvalue weighted by molar-refractivity contribution is 9.10. The van der Waals surface area contributed by atoms with E-state index in [2.05, 4.69) is 22.9 Å². The first-order chi connectivity index (χ1) is 15.4. The van der Waals surface area contributed by atoms with Crippen LogP contribution in [-0.2, 0) is 0 Å². The summed E-state index contributed by atoms with van der Waals surface area (Å²) in [7, 11) is 3.92. The van der Waals surface area contributed by atoms with E-state index in [4.69, 9.17) is 9.15 Å². The summed E-state index contributed by atoms with van der Waals surface area (Å²) in [6.07, 6.45) is 2.01. The highest BCUT2D eigenvalue weighted by atomic mass is 79.9. The standard InChI is InChI=1S/C25H27BrN2O4/c1-4-5-13-31-18-8-6-7-16(14-18)22-21-23(29)19-15-17(26)9-10-20(19)32-24(21)25(30)28(22)12-11-27(2)3/h6-10,14-15,22H,4-5,11-13H2,1-3H3. The summed E-state index contributed by atoms with van der Waals surface area (Å²) in [5, 5.41) is 0.459. The molecule has 1 amide bonds. The first-order valence-electron chi connectivity index (χ1n) is 10.9. The summed E-state index contributed by atoms with van der Waals surface area (Å²) in [6.45, 7) is 3.89. The molecule has 0 N–H and O–H groups in total. The number of nitrogens with zero attached hydrogens (tertiary/aromatic N) is 2. The van der Waals surface area contributed by atoms with Crippen LogP contribution in [0.2, 0.25) is 0 Å². The number of halogens is 1. The quantitative estimate of drug-likeness (QED) is 0.415. The third-order valence-electron chi connectivity index (χ3n) is 5.66. The lowest BCUT2D eigenvalue weighted by atomic mass is 9.98. The molecule has 0 aliphatic carbocycles. The Bertz CT molecular complexity index is 1200. The lowest BCUT2D eigenvalue weighted by Gasteiger charge is -2.26. The van der Waals surface area contributed by atoms with Crippen LogP contribution in [0.3, 0.4) is 0 Å². The Morgan fingerprint density at radius 3 is 2.72 bits per heavy atom. The van der Waals surface area contributed by atoms with E-state index < -0.39 is 6.04 Å². The van der Waals surface area contributed by atoms with Gasteiger partial charge in [0.1, 0.15) is 11.3 Å². The molecule has 6 nitrogen and oxygen atoms in total. The predicted octanol–water partition coefficient (Wildman–Crippen LogP) is 4.84. The molecule has 2 heterocycles. The summed E-state index contributed by atoms with van der Waals surface area (Å²) in [4.78, 5) is 30.7. The van der Waals surface area contributed by atoms with E-state index in [1.54, 1.807) is 23.1 Å². The average Bonchev–Trinajstić information content (AvgIpc) is 3.05. The van der Waals surface area contributed by atoms with Gasteiger partial charge >= 0.3 is 0 Å². The van der Waals surface area contributed by atoms with Gasteiger partial charge in [0.05, 0.1) is 23.6 Å². The fourth-order valence-electron chi connectivity index (χ4n) is 3.99. The monoisotopic (exact) mass is 498 g/mol. The zero-order valence-corrected chi connectivity index (χ0v) is 20.1. The highest BCUT2D eigenvalue weighted by Gasteiger charge is 2.42. The van der Waals surface area contributed by atoms with E-state index in [1.165, 1.54) is 0 Å². The van der Waals surface area contributed by atoms with Gasteiger partial charge in [-0.3, -0.25) is 9.59 Å². The number of fused-ring (bicyclic) bond motifs is 2. The molecule has 4 rings (SSSR count). The van der Waals surface area contributed by atoms with Crippen molar-refractivity contribution in [3.05, 3.63) is 74.0 Å². The smallest absolute Gasteiger partial charge is 0.290 e. The SMILES string of the molecule is CCCCOc1cccc(C2c3c(oc4ccc(Br)cc4c3=O)C(=O)N2CCN(C)C)c1. The van der Waals surface area contributed by atoms with Crippen LogP contribution in [0.1, 0.15) is 47.5 Å². The summed E-state index contributed by atoms with van der Waals surface area (Å²) in [6, 6.07) is 12.4. The molecular weight excluding hydrogens is 472 g/mol. The maximum atomic E-state index is 13.6. The number of carbonyl (C=O) groups excluding carboxylic acids is 1. The fraction of sp³-hybridized carbons (Fsp3) is 0.360. The minimum atomic E-state index is -0.521. The van der Waals surface area contributed by atoms with E-state index in [-0.39, 0.29) is 17.1 Å². The normalized spacial score (nSPS) is 15.6. The molecule has 3 aromatic rings. The van der Waals surface area contributed by atoms with Crippen molar-refractivity contribution >= 4 is 32.8 Å². The maximum Gasteiger partial charge on any atom is 0.290 e. The fourth-order valence-corrected chi connectivity index (χ4v) is 4.35. The molecule has 1 aliphatic rings. The largest absolute Gasteiger partial charge is 0.494 e. The number of unbranched alkanes of at least 4 members (excludes halogenated alkanes) is 1. The van der Waals surface area contributed by atoms with Crippen LogP contribution in [0, 0.1) is 0 Å². The number of rotatable bonds is 8. The Hall–Kier alpha value is -2.64. The second-order valence-electron chi connectivity index (χ2n) is 8.29. The number of carbonyl (C=O) groups is 1. The van der Waals surface area contributed by atoms with Crippen molar-refractivity contribution in [2.75, 3.05) is 33.8 Å². The lowest BCUT2D eigenvalue weighted by molar-refractivity contribution is 0.0716. The van der Waals surface area contributed by atoms with Gasteiger partial charge in [0.2, 0.25) is 5.76 Å². The Morgan fingerprint density at radius 1 is 1.16 bits per heavy atom. The van der Waals surface area contributed by atoms with E-state index >= 15 is 0 Å². The van der Waals surface area contributed by atoms with Crippen LogP contribution in [0.15, 0.2) is 56.1 Å². The van der Waals surface area contributed by atoms with Gasteiger partial charge in [-0.15, -0.1) is 0 Å². The molecule has 32 heavy (non-hydrogen) atoms. The van der Waals surface area contributed by atoms with Crippen molar-refractivity contribution in [2.45, 2.75) is 25.8 Å². The number of benzene rings is 2. The Morgan fingerprint density at radius 2 is 1.97 bits per heavy atom. The molecule has 1 aliphatic heterocycles. The summed E-state index contributed by atoms with van der Waals surface area (Å²) in [5.41, 5.74) is 1.47. The molecule has 0 saturated heterocycles. The van der Waals surface area contributed by atoms with Gasteiger partial charge in [-0.1, -0.05) is 41.4 Å². The molecule has 0 fully saturated rings. The number of hydrogen-bond acceptors (Lipinski definition) is 5. The van der Waals surface area contributed by atoms with E-state index in [0.29, 0.717) is 36.2 Å². The number of amides is 1. The van der Waals surface area contributed by atoms with Crippen LogP contribution >= 0.6 is 15.9 Å². The third kappa shape index (κ3) is 4.32. The Kier molecular flexibility index (Phi) is 6.67. The molecule has 168 valence electrons. The van der Waals surface area contributed by atoms with Gasteiger partial charge in [0, 0.05) is 17.6 Å². The second kappa shape index (κ2) is 9.46. The van der Waals surface area contributed by atoms with Gasteiger partial charge in [-0.05, 0) is 56.4 Å². The first kappa shape index (κ1) is 22.6. The van der Waals surface area contributed by atoms with Crippen LogP contribution in [0.25, 0.3) is 11.0 Å². The minimum absolute atomic E-state index is 0.130. The molecule has 2 aromatic carbocycles. The predicted molar refractivity (Wildman–Crippen MR) is 128 cm³/mol. The minimum Gasteiger partial charge on any atom is -0.494 e. The van der Waals surface area contributed by atoms with Gasteiger partial charge in [-0.25, -0.2) is 0 Å². The van der Waals surface area contributed by atoms with Crippen molar-refractivity contribution in [2.24, 2.45) is 0 Å². The van der Waals surface area contributed by atoms with Gasteiger partial charge in [0.25, 0.3) is 5.91 Å². The Balaban J connectivity index is 1.84. The van der Waals surface area contributed by atoms with Crippen molar-refractivity contribution in [1.29, 1.82) is 0 Å². The van der Waals surface area contributed by atoms with Gasteiger partial charge in [-0.2, -0.15) is 0 Å². The summed E-state index contributed by atoms with van der Waals surface area (Å²) >= 11 is 3.43. The van der Waals surface area contributed by atoms with Crippen LogP contribution in [-0.4, -0.2) is 49.5 Å². The third-order valence-corrected chi connectivity index (χ3v) is 6.15. The summed E-state index contributed by atoms with van der Waals surface area (Å²) < 4.78 is 12.7. The van der Waals surface area contributed by atoms with Crippen molar-refractivity contribution < 1.29 is 13.9 Å². The molecule has 0 saturated carbocycles. The molecule has 1 aromatic heterocycles. The molecule has 0 radical (unpaired) electrons. The average molecular weight is 499 g/mol. The number of ether oxygens (including phenoxy) is 1. The highest BCUT2D eigenvalue weighted by Crippen LogP contribution is 2.39. The van der Waals surface area contributed by atoms with Crippen molar-refractivity contribution in [3.8, 4) is 5.75 Å². The van der Waals surface area contributed by atoms with Gasteiger partial charge in [0.15, 0.2) is 5.43 Å².